The van der Waals surface area contributed by atoms with Crippen LogP contribution in [0.25, 0.3) is 18.5 Å². The van der Waals surface area contributed by atoms with Crippen molar-refractivity contribution in [2.24, 2.45) is 0 Å². The van der Waals surface area contributed by atoms with Gasteiger partial charge in [-0.2, -0.15) is 5.10 Å². The SMILES string of the molecule is C=c1/c(=C/NC(C)c2ccccc2)c(C)nn1-c1ccc([N+](=O)[O-])cc1. The molecule has 132 valence electrons. The van der Waals surface area contributed by atoms with Crippen molar-refractivity contribution in [1.82, 2.24) is 15.1 Å². The quantitative estimate of drug-likeness (QED) is 0.568. The number of nitro groups is 1. The van der Waals surface area contributed by atoms with Crippen molar-refractivity contribution in [3.05, 3.63) is 86.5 Å². The Morgan fingerprint density at radius 3 is 2.46 bits per heavy atom. The highest BCUT2D eigenvalue weighted by Gasteiger charge is 2.08. The van der Waals surface area contributed by atoms with Crippen LogP contribution in [0, 0.1) is 17.0 Å². The van der Waals surface area contributed by atoms with Crippen LogP contribution in [-0.4, -0.2) is 14.7 Å². The highest BCUT2D eigenvalue weighted by Crippen LogP contribution is 2.13. The lowest BCUT2D eigenvalue weighted by Gasteiger charge is -2.11. The van der Waals surface area contributed by atoms with Crippen molar-refractivity contribution in [2.45, 2.75) is 19.9 Å². The van der Waals surface area contributed by atoms with Gasteiger partial charge in [-0.05, 0) is 31.5 Å². The molecule has 0 aliphatic carbocycles. The molecule has 0 aliphatic heterocycles. The van der Waals surface area contributed by atoms with Crippen LogP contribution in [0.5, 0.6) is 0 Å². The summed E-state index contributed by atoms with van der Waals surface area (Å²) in [6.07, 6.45) is 1.92. The number of rotatable bonds is 5. The van der Waals surface area contributed by atoms with Crippen molar-refractivity contribution in [2.75, 3.05) is 0 Å². The minimum Gasteiger partial charge on any atom is -0.384 e. The van der Waals surface area contributed by atoms with E-state index >= 15 is 0 Å². The van der Waals surface area contributed by atoms with Crippen LogP contribution >= 0.6 is 0 Å². The van der Waals surface area contributed by atoms with Gasteiger partial charge in [0.05, 0.1) is 21.7 Å². The van der Waals surface area contributed by atoms with Gasteiger partial charge in [-0.1, -0.05) is 36.9 Å². The normalized spacial score (nSPS) is 12.8. The van der Waals surface area contributed by atoms with E-state index in [2.05, 4.69) is 36.1 Å². The summed E-state index contributed by atoms with van der Waals surface area (Å²) in [7, 11) is 0. The lowest BCUT2D eigenvalue weighted by Crippen LogP contribution is -2.30. The fourth-order valence-corrected chi connectivity index (χ4v) is 2.75. The van der Waals surface area contributed by atoms with Gasteiger partial charge in [-0.3, -0.25) is 10.1 Å². The summed E-state index contributed by atoms with van der Waals surface area (Å²) in [5.74, 6) is 0. The predicted octanol–water partition coefficient (Wildman–Crippen LogP) is 2.59. The molecule has 0 aliphatic rings. The summed E-state index contributed by atoms with van der Waals surface area (Å²) < 4.78 is 1.69. The summed E-state index contributed by atoms with van der Waals surface area (Å²) in [6.45, 7) is 8.12. The number of nitrogens with zero attached hydrogens (tertiary/aromatic N) is 3. The molecule has 1 heterocycles. The monoisotopic (exact) mass is 348 g/mol. The Morgan fingerprint density at radius 1 is 1.19 bits per heavy atom. The Labute approximate surface area is 151 Å². The first-order valence-electron chi connectivity index (χ1n) is 8.28. The first-order chi connectivity index (χ1) is 12.5. The average molecular weight is 348 g/mol. The second-order valence-electron chi connectivity index (χ2n) is 6.07. The molecule has 0 radical (unpaired) electrons. The zero-order valence-corrected chi connectivity index (χ0v) is 14.7. The van der Waals surface area contributed by atoms with Crippen LogP contribution in [0.4, 0.5) is 5.69 Å². The number of benzene rings is 2. The molecule has 26 heavy (non-hydrogen) atoms. The molecule has 0 amide bonds. The van der Waals surface area contributed by atoms with E-state index in [1.807, 2.05) is 31.3 Å². The van der Waals surface area contributed by atoms with Crippen LogP contribution in [-0.2, 0) is 0 Å². The van der Waals surface area contributed by atoms with E-state index in [0.29, 0.717) is 0 Å². The minimum atomic E-state index is -0.419. The summed E-state index contributed by atoms with van der Waals surface area (Å²) in [6, 6.07) is 16.6. The Bertz CT molecular complexity index is 1020. The molecule has 3 aromatic rings. The molecular formula is C20H20N4O2. The molecular weight excluding hydrogens is 328 g/mol. The molecule has 0 fully saturated rings. The van der Waals surface area contributed by atoms with E-state index in [1.54, 1.807) is 16.8 Å². The molecule has 1 unspecified atom stereocenters. The van der Waals surface area contributed by atoms with E-state index in [9.17, 15) is 10.1 Å². The number of aromatic nitrogens is 2. The number of hydrogen-bond donors (Lipinski definition) is 1. The Balaban J connectivity index is 1.90. The standard InChI is InChI=1S/C20H20N4O2/c1-14(17-7-5-4-6-8-17)21-13-20-15(2)22-23(16(20)3)18-9-11-19(12-10-18)24(25)26/h4-14,21H,3H2,1-2H3/b20-13+. The van der Waals surface area contributed by atoms with Crippen molar-refractivity contribution >= 4 is 18.5 Å². The van der Waals surface area contributed by atoms with Crippen LogP contribution < -0.4 is 15.9 Å². The summed E-state index contributed by atoms with van der Waals surface area (Å²) >= 11 is 0. The molecule has 1 aromatic heterocycles. The van der Waals surface area contributed by atoms with Crippen LogP contribution in [0.1, 0.15) is 24.2 Å². The molecule has 6 heteroatoms. The molecule has 0 spiro atoms. The van der Waals surface area contributed by atoms with E-state index in [1.165, 1.54) is 17.7 Å². The lowest BCUT2D eigenvalue weighted by atomic mass is 10.1. The molecule has 3 rings (SSSR count). The molecule has 1 atom stereocenters. The topological polar surface area (TPSA) is 73.0 Å². The van der Waals surface area contributed by atoms with Crippen molar-refractivity contribution in [3.8, 4) is 5.69 Å². The van der Waals surface area contributed by atoms with Crippen LogP contribution in [0.2, 0.25) is 0 Å². The van der Waals surface area contributed by atoms with Gasteiger partial charge in [0.2, 0.25) is 0 Å². The Kier molecular flexibility index (Phi) is 4.84. The van der Waals surface area contributed by atoms with E-state index in [4.69, 9.17) is 0 Å². The third-order valence-corrected chi connectivity index (χ3v) is 4.29. The number of nitro benzene ring substituents is 1. The predicted molar refractivity (Wildman–Crippen MR) is 102 cm³/mol. The first kappa shape index (κ1) is 17.4. The maximum Gasteiger partial charge on any atom is 0.269 e. The maximum atomic E-state index is 10.8. The van der Waals surface area contributed by atoms with Gasteiger partial charge in [0.1, 0.15) is 0 Å². The van der Waals surface area contributed by atoms with Gasteiger partial charge < -0.3 is 5.32 Å². The molecule has 0 saturated heterocycles. The Hall–Kier alpha value is -3.41. The first-order valence-corrected chi connectivity index (χ1v) is 8.28. The number of non-ortho nitro benzene ring substituents is 1. The number of nitrogens with one attached hydrogen (secondary N) is 1. The van der Waals surface area contributed by atoms with Gasteiger partial charge in [-0.25, -0.2) is 4.68 Å². The summed E-state index contributed by atoms with van der Waals surface area (Å²) in [4.78, 5) is 10.4. The van der Waals surface area contributed by atoms with Crippen molar-refractivity contribution in [1.29, 1.82) is 0 Å². The fourth-order valence-electron chi connectivity index (χ4n) is 2.75. The molecule has 6 nitrogen and oxygen atoms in total. The largest absolute Gasteiger partial charge is 0.384 e. The zero-order chi connectivity index (χ0) is 18.7. The molecule has 0 saturated carbocycles. The molecule has 2 aromatic carbocycles. The van der Waals surface area contributed by atoms with Gasteiger partial charge in [-0.15, -0.1) is 0 Å². The second kappa shape index (κ2) is 7.23. The third kappa shape index (κ3) is 3.49. The molecule has 1 N–H and O–H groups in total. The smallest absolute Gasteiger partial charge is 0.269 e. The van der Waals surface area contributed by atoms with Gasteiger partial charge in [0.15, 0.2) is 0 Å². The Morgan fingerprint density at radius 2 is 1.85 bits per heavy atom. The average Bonchev–Trinajstić information content (AvgIpc) is 2.94. The zero-order valence-electron chi connectivity index (χ0n) is 14.7. The number of hydrogen-bond acceptors (Lipinski definition) is 4. The fraction of sp³-hybridized carbons (Fsp3) is 0.150. The van der Waals surface area contributed by atoms with Crippen molar-refractivity contribution < 1.29 is 4.92 Å². The van der Waals surface area contributed by atoms with Gasteiger partial charge in [0, 0.05) is 29.6 Å². The van der Waals surface area contributed by atoms with Crippen LogP contribution in [0.15, 0.2) is 54.6 Å². The summed E-state index contributed by atoms with van der Waals surface area (Å²) in [5, 5.41) is 20.3. The molecule has 0 bridgehead atoms. The number of aryl methyl sites for hydroxylation is 1. The second-order valence-corrected chi connectivity index (χ2v) is 6.07. The highest BCUT2D eigenvalue weighted by atomic mass is 16.6. The highest BCUT2D eigenvalue weighted by molar-refractivity contribution is 5.41. The minimum absolute atomic E-state index is 0.0494. The maximum absolute atomic E-state index is 10.8. The van der Waals surface area contributed by atoms with Gasteiger partial charge in [0.25, 0.3) is 5.69 Å². The van der Waals surface area contributed by atoms with Gasteiger partial charge >= 0.3 is 0 Å². The van der Waals surface area contributed by atoms with E-state index < -0.39 is 4.92 Å². The third-order valence-electron chi connectivity index (χ3n) is 4.29. The van der Waals surface area contributed by atoms with Crippen LogP contribution in [0.3, 0.4) is 0 Å². The summed E-state index contributed by atoms with van der Waals surface area (Å²) in [5.41, 5.74) is 2.81. The lowest BCUT2D eigenvalue weighted by molar-refractivity contribution is -0.384. The van der Waals surface area contributed by atoms with E-state index in [0.717, 1.165) is 21.9 Å². The van der Waals surface area contributed by atoms with E-state index in [-0.39, 0.29) is 11.7 Å². The van der Waals surface area contributed by atoms with Crippen molar-refractivity contribution in [3.63, 3.8) is 0 Å².